The smallest absolute Gasteiger partial charge is 0.126 e. The molecule has 1 aromatic heterocycles. The van der Waals surface area contributed by atoms with Gasteiger partial charge in [0.2, 0.25) is 0 Å². The molecule has 2 rings (SSSR count). The van der Waals surface area contributed by atoms with Gasteiger partial charge in [-0.3, -0.25) is 0 Å². The molecule has 0 saturated carbocycles. The first-order valence-corrected chi connectivity index (χ1v) is 7.17. The lowest BCUT2D eigenvalue weighted by Gasteiger charge is -2.15. The number of rotatable bonds is 6. The molecule has 0 aliphatic rings. The van der Waals surface area contributed by atoms with E-state index in [1.807, 2.05) is 63.2 Å². The second-order valence-electron chi connectivity index (χ2n) is 5.30. The Labute approximate surface area is 125 Å². The number of nitrogens with zero attached hydrogens (tertiary/aromatic N) is 1. The number of anilines is 1. The second-order valence-corrected chi connectivity index (χ2v) is 5.30. The van der Waals surface area contributed by atoms with Crippen molar-refractivity contribution in [1.29, 1.82) is 0 Å². The molecule has 0 radical (unpaired) electrons. The van der Waals surface area contributed by atoms with E-state index in [0.29, 0.717) is 6.54 Å². The molecule has 0 amide bonds. The minimum Gasteiger partial charge on any atom is -0.491 e. The van der Waals surface area contributed by atoms with Crippen molar-refractivity contribution in [2.24, 2.45) is 0 Å². The Bertz CT molecular complexity index is 585. The number of aryl methyl sites for hydroxylation is 1. The zero-order valence-electron chi connectivity index (χ0n) is 12.7. The van der Waals surface area contributed by atoms with Gasteiger partial charge in [0.25, 0.3) is 0 Å². The fraction of sp³-hybridized carbons (Fsp3) is 0.353. The Morgan fingerprint density at radius 3 is 2.67 bits per heavy atom. The molecule has 1 atom stereocenters. The standard InChI is InChI=1S/C17H22N2O2/c1-12(2)21-15-8-5-7-14(10-15)16(20)11-18-17-9-4-6-13(3)19-17/h4-10,12,16,20H,11H2,1-3H3,(H,18,19). The summed E-state index contributed by atoms with van der Waals surface area (Å²) in [4.78, 5) is 4.35. The van der Waals surface area contributed by atoms with Crippen LogP contribution in [0.2, 0.25) is 0 Å². The molecule has 21 heavy (non-hydrogen) atoms. The van der Waals surface area contributed by atoms with Gasteiger partial charge in [0.1, 0.15) is 11.6 Å². The molecule has 1 unspecified atom stereocenters. The molecule has 4 nitrogen and oxygen atoms in total. The number of hydrogen-bond acceptors (Lipinski definition) is 4. The van der Waals surface area contributed by atoms with Gasteiger partial charge in [-0.25, -0.2) is 4.98 Å². The molecular weight excluding hydrogens is 264 g/mol. The Balaban J connectivity index is 1.98. The Hall–Kier alpha value is -2.07. The Kier molecular flexibility index (Phi) is 5.17. The van der Waals surface area contributed by atoms with Crippen LogP contribution in [0.25, 0.3) is 0 Å². The molecule has 1 heterocycles. The number of nitrogens with one attached hydrogen (secondary N) is 1. The van der Waals surface area contributed by atoms with Gasteiger partial charge in [0.15, 0.2) is 0 Å². The van der Waals surface area contributed by atoms with Crippen LogP contribution in [0.4, 0.5) is 5.82 Å². The summed E-state index contributed by atoms with van der Waals surface area (Å²) in [5, 5.41) is 13.4. The van der Waals surface area contributed by atoms with Crippen molar-refractivity contribution in [1.82, 2.24) is 4.98 Å². The SMILES string of the molecule is Cc1cccc(NCC(O)c2cccc(OC(C)C)c2)n1. The number of aliphatic hydroxyl groups is 1. The highest BCUT2D eigenvalue weighted by atomic mass is 16.5. The molecule has 0 spiro atoms. The van der Waals surface area contributed by atoms with Crippen LogP contribution in [0.15, 0.2) is 42.5 Å². The number of aromatic nitrogens is 1. The molecule has 1 aromatic carbocycles. The van der Waals surface area contributed by atoms with Crippen LogP contribution in [-0.2, 0) is 0 Å². The highest BCUT2D eigenvalue weighted by molar-refractivity contribution is 5.36. The lowest BCUT2D eigenvalue weighted by Crippen LogP contribution is -2.13. The van der Waals surface area contributed by atoms with Gasteiger partial charge in [-0.2, -0.15) is 0 Å². The largest absolute Gasteiger partial charge is 0.491 e. The van der Waals surface area contributed by atoms with Gasteiger partial charge in [-0.1, -0.05) is 18.2 Å². The first-order valence-electron chi connectivity index (χ1n) is 7.17. The predicted molar refractivity (Wildman–Crippen MR) is 84.6 cm³/mol. The van der Waals surface area contributed by atoms with Crippen molar-refractivity contribution in [2.75, 3.05) is 11.9 Å². The molecule has 0 aliphatic carbocycles. The summed E-state index contributed by atoms with van der Waals surface area (Å²) < 4.78 is 5.64. The fourth-order valence-corrected chi connectivity index (χ4v) is 2.03. The maximum absolute atomic E-state index is 10.3. The van der Waals surface area contributed by atoms with Gasteiger partial charge in [-0.15, -0.1) is 0 Å². The molecule has 0 aliphatic heterocycles. The van der Waals surface area contributed by atoms with Crippen molar-refractivity contribution in [3.8, 4) is 5.75 Å². The highest BCUT2D eigenvalue weighted by Crippen LogP contribution is 2.20. The average Bonchev–Trinajstić information content (AvgIpc) is 2.44. The fourth-order valence-electron chi connectivity index (χ4n) is 2.03. The summed E-state index contributed by atoms with van der Waals surface area (Å²) >= 11 is 0. The zero-order chi connectivity index (χ0) is 15.2. The minimum absolute atomic E-state index is 0.118. The molecule has 112 valence electrons. The van der Waals surface area contributed by atoms with E-state index >= 15 is 0 Å². The van der Waals surface area contributed by atoms with E-state index in [1.165, 1.54) is 0 Å². The normalized spacial score (nSPS) is 12.2. The zero-order valence-corrected chi connectivity index (χ0v) is 12.7. The van der Waals surface area contributed by atoms with E-state index in [2.05, 4.69) is 10.3 Å². The van der Waals surface area contributed by atoms with Crippen LogP contribution in [0.5, 0.6) is 5.75 Å². The van der Waals surface area contributed by atoms with Crippen molar-refractivity contribution in [3.05, 3.63) is 53.7 Å². The van der Waals surface area contributed by atoms with Crippen LogP contribution in [0.1, 0.15) is 31.2 Å². The van der Waals surface area contributed by atoms with E-state index in [9.17, 15) is 5.11 Å². The highest BCUT2D eigenvalue weighted by Gasteiger charge is 2.09. The third kappa shape index (κ3) is 4.76. The summed E-state index contributed by atoms with van der Waals surface area (Å²) in [5.41, 5.74) is 1.77. The van der Waals surface area contributed by atoms with Crippen molar-refractivity contribution in [2.45, 2.75) is 33.0 Å². The lowest BCUT2D eigenvalue weighted by molar-refractivity contribution is 0.189. The number of ether oxygens (including phenoxy) is 1. The molecule has 0 saturated heterocycles. The third-order valence-electron chi connectivity index (χ3n) is 2.98. The van der Waals surface area contributed by atoms with Gasteiger partial charge < -0.3 is 15.2 Å². The predicted octanol–water partition coefficient (Wildman–Crippen LogP) is 3.32. The molecule has 0 bridgehead atoms. The van der Waals surface area contributed by atoms with Crippen LogP contribution < -0.4 is 10.1 Å². The van der Waals surface area contributed by atoms with Gasteiger partial charge in [0.05, 0.1) is 12.2 Å². The second kappa shape index (κ2) is 7.09. The minimum atomic E-state index is -0.608. The maximum atomic E-state index is 10.3. The summed E-state index contributed by atoms with van der Waals surface area (Å²) in [5.74, 6) is 1.54. The first kappa shape index (κ1) is 15.3. The monoisotopic (exact) mass is 286 g/mol. The van der Waals surface area contributed by atoms with Crippen LogP contribution in [0, 0.1) is 6.92 Å². The Morgan fingerprint density at radius 2 is 1.95 bits per heavy atom. The number of aliphatic hydroxyl groups excluding tert-OH is 1. The van der Waals surface area contributed by atoms with Crippen molar-refractivity contribution < 1.29 is 9.84 Å². The first-order chi connectivity index (χ1) is 10.0. The molecule has 0 fully saturated rings. The average molecular weight is 286 g/mol. The summed E-state index contributed by atoms with van der Waals surface area (Å²) in [7, 11) is 0. The van der Waals surface area contributed by atoms with Crippen LogP contribution >= 0.6 is 0 Å². The van der Waals surface area contributed by atoms with Crippen LogP contribution in [-0.4, -0.2) is 22.7 Å². The lowest BCUT2D eigenvalue weighted by atomic mass is 10.1. The van der Waals surface area contributed by atoms with E-state index in [1.54, 1.807) is 0 Å². The molecule has 2 aromatic rings. The third-order valence-corrected chi connectivity index (χ3v) is 2.98. The maximum Gasteiger partial charge on any atom is 0.126 e. The molecule has 4 heteroatoms. The van der Waals surface area contributed by atoms with Gasteiger partial charge >= 0.3 is 0 Å². The number of hydrogen-bond donors (Lipinski definition) is 2. The van der Waals surface area contributed by atoms with E-state index < -0.39 is 6.10 Å². The van der Waals surface area contributed by atoms with E-state index in [4.69, 9.17) is 4.74 Å². The van der Waals surface area contributed by atoms with Crippen molar-refractivity contribution in [3.63, 3.8) is 0 Å². The number of benzene rings is 1. The van der Waals surface area contributed by atoms with E-state index in [0.717, 1.165) is 22.8 Å². The van der Waals surface area contributed by atoms with Crippen molar-refractivity contribution >= 4 is 5.82 Å². The number of pyridine rings is 1. The molecular formula is C17H22N2O2. The summed E-state index contributed by atoms with van der Waals surface area (Å²) in [6, 6.07) is 13.3. The Morgan fingerprint density at radius 1 is 1.19 bits per heavy atom. The van der Waals surface area contributed by atoms with Gasteiger partial charge in [0, 0.05) is 12.2 Å². The topological polar surface area (TPSA) is 54.4 Å². The van der Waals surface area contributed by atoms with Crippen LogP contribution in [0.3, 0.4) is 0 Å². The quantitative estimate of drug-likeness (QED) is 0.855. The molecule has 2 N–H and O–H groups in total. The summed E-state index contributed by atoms with van der Waals surface area (Å²) in [6.45, 7) is 6.30. The summed E-state index contributed by atoms with van der Waals surface area (Å²) in [6.07, 6.45) is -0.491. The van der Waals surface area contributed by atoms with E-state index in [-0.39, 0.29) is 6.10 Å². The van der Waals surface area contributed by atoms with Gasteiger partial charge in [-0.05, 0) is 50.6 Å².